The molecule has 3 aromatic rings. The summed E-state index contributed by atoms with van der Waals surface area (Å²) in [5.74, 6) is 0.560. The Labute approximate surface area is 142 Å². The summed E-state index contributed by atoms with van der Waals surface area (Å²) in [6, 6.07) is 12.7. The molecule has 0 aliphatic rings. The predicted octanol–water partition coefficient (Wildman–Crippen LogP) is 3.72. The highest BCUT2D eigenvalue weighted by Crippen LogP contribution is 2.31. The molecule has 1 aromatic heterocycles. The lowest BCUT2D eigenvalue weighted by Gasteiger charge is -2.11. The van der Waals surface area contributed by atoms with Crippen molar-refractivity contribution in [2.24, 2.45) is 0 Å². The fourth-order valence-electron chi connectivity index (χ4n) is 2.21. The number of ether oxygens (including phenoxy) is 2. The van der Waals surface area contributed by atoms with Crippen LogP contribution in [0.25, 0.3) is 11.0 Å². The lowest BCUT2D eigenvalue weighted by Crippen LogP contribution is -2.12. The first-order valence-corrected chi connectivity index (χ1v) is 7.48. The molecular weight excluding hydrogens is 332 g/mol. The number of benzene rings is 2. The summed E-state index contributed by atoms with van der Waals surface area (Å²) in [6.07, 6.45) is 0. The van der Waals surface area contributed by atoms with E-state index in [1.165, 1.54) is 19.2 Å². The molecule has 3 rings (SSSR count). The fraction of sp³-hybridized carbons (Fsp3) is 0.111. The van der Waals surface area contributed by atoms with Crippen LogP contribution in [0.4, 0.5) is 0 Å². The SMILES string of the molecule is COc1cc2ccc(=O)oc2cc1OCC(=O)c1ccc(Cl)cc1. The highest BCUT2D eigenvalue weighted by molar-refractivity contribution is 6.30. The predicted molar refractivity (Wildman–Crippen MR) is 90.3 cm³/mol. The van der Waals surface area contributed by atoms with Gasteiger partial charge >= 0.3 is 5.63 Å². The van der Waals surface area contributed by atoms with Crippen molar-refractivity contribution in [3.05, 3.63) is 69.5 Å². The standard InChI is InChI=1S/C18H13ClO5/c1-22-16-8-12-4-7-18(21)24-15(12)9-17(16)23-10-14(20)11-2-5-13(19)6-3-11/h2-9H,10H2,1H3. The molecule has 0 spiro atoms. The van der Waals surface area contributed by atoms with E-state index in [0.717, 1.165) is 0 Å². The van der Waals surface area contributed by atoms with E-state index in [9.17, 15) is 9.59 Å². The van der Waals surface area contributed by atoms with Gasteiger partial charge in [0.25, 0.3) is 0 Å². The maximum Gasteiger partial charge on any atom is 0.336 e. The summed E-state index contributed by atoms with van der Waals surface area (Å²) in [5, 5.41) is 1.25. The van der Waals surface area contributed by atoms with Crippen molar-refractivity contribution in [3.8, 4) is 11.5 Å². The van der Waals surface area contributed by atoms with E-state index in [2.05, 4.69) is 0 Å². The van der Waals surface area contributed by atoms with Gasteiger partial charge in [-0.15, -0.1) is 0 Å². The second kappa shape index (κ2) is 6.76. The molecule has 6 heteroatoms. The highest BCUT2D eigenvalue weighted by Gasteiger charge is 2.12. The summed E-state index contributed by atoms with van der Waals surface area (Å²) in [7, 11) is 1.49. The number of hydrogen-bond donors (Lipinski definition) is 0. The van der Waals surface area contributed by atoms with Crippen LogP contribution >= 0.6 is 11.6 Å². The van der Waals surface area contributed by atoms with Crippen molar-refractivity contribution < 1.29 is 18.7 Å². The van der Waals surface area contributed by atoms with Crippen LogP contribution in [0.1, 0.15) is 10.4 Å². The molecule has 0 aliphatic carbocycles. The van der Waals surface area contributed by atoms with Crippen molar-refractivity contribution in [2.45, 2.75) is 0 Å². The zero-order chi connectivity index (χ0) is 17.1. The van der Waals surface area contributed by atoms with Crippen LogP contribution in [0.15, 0.2) is 57.7 Å². The zero-order valence-corrected chi connectivity index (χ0v) is 13.5. The van der Waals surface area contributed by atoms with Crippen LogP contribution in [-0.4, -0.2) is 19.5 Å². The van der Waals surface area contributed by atoms with Gasteiger partial charge in [0, 0.05) is 28.1 Å². The topological polar surface area (TPSA) is 65.7 Å². The van der Waals surface area contributed by atoms with Crippen LogP contribution in [0.3, 0.4) is 0 Å². The van der Waals surface area contributed by atoms with Gasteiger partial charge in [0.2, 0.25) is 0 Å². The maximum atomic E-state index is 12.2. The number of hydrogen-bond acceptors (Lipinski definition) is 5. The van der Waals surface area contributed by atoms with Gasteiger partial charge in [0.15, 0.2) is 23.9 Å². The minimum Gasteiger partial charge on any atom is -0.493 e. The average molecular weight is 345 g/mol. The molecule has 122 valence electrons. The minimum atomic E-state index is -0.462. The molecule has 24 heavy (non-hydrogen) atoms. The Morgan fingerprint density at radius 2 is 1.83 bits per heavy atom. The number of carbonyl (C=O) groups excluding carboxylic acids is 1. The fourth-order valence-corrected chi connectivity index (χ4v) is 2.34. The molecular formula is C18H13ClO5. The molecule has 0 saturated carbocycles. The van der Waals surface area contributed by atoms with E-state index >= 15 is 0 Å². The number of Topliss-reactive ketones (excluding diaryl/α,β-unsaturated/α-hetero) is 1. The molecule has 0 bridgehead atoms. The first kappa shape index (κ1) is 16.1. The third-order valence-electron chi connectivity index (χ3n) is 3.43. The van der Waals surface area contributed by atoms with Gasteiger partial charge in [-0.3, -0.25) is 4.79 Å². The molecule has 0 radical (unpaired) electrons. The van der Waals surface area contributed by atoms with Gasteiger partial charge in [-0.1, -0.05) is 11.6 Å². The Kier molecular flexibility index (Phi) is 4.53. The number of carbonyl (C=O) groups is 1. The molecule has 0 fully saturated rings. The van der Waals surface area contributed by atoms with Gasteiger partial charge in [0.05, 0.1) is 7.11 Å². The monoisotopic (exact) mass is 344 g/mol. The molecule has 0 amide bonds. The quantitative estimate of drug-likeness (QED) is 0.521. The van der Waals surface area contributed by atoms with Crippen LogP contribution in [0.5, 0.6) is 11.5 Å². The molecule has 1 heterocycles. The van der Waals surface area contributed by atoms with Gasteiger partial charge < -0.3 is 13.9 Å². The molecule has 0 saturated heterocycles. The third-order valence-corrected chi connectivity index (χ3v) is 3.68. The first-order valence-electron chi connectivity index (χ1n) is 7.10. The van der Waals surface area contributed by atoms with E-state index in [1.807, 2.05) is 0 Å². The van der Waals surface area contributed by atoms with E-state index < -0.39 is 5.63 Å². The minimum absolute atomic E-state index is 0.180. The Morgan fingerprint density at radius 1 is 1.08 bits per heavy atom. The number of rotatable bonds is 5. The van der Waals surface area contributed by atoms with Crippen molar-refractivity contribution in [3.63, 3.8) is 0 Å². The van der Waals surface area contributed by atoms with Gasteiger partial charge in [0.1, 0.15) is 5.58 Å². The summed E-state index contributed by atoms with van der Waals surface area (Å²) >= 11 is 5.80. The summed E-state index contributed by atoms with van der Waals surface area (Å²) in [4.78, 5) is 23.5. The molecule has 0 aliphatic heterocycles. The number of methoxy groups -OCH3 is 1. The molecule has 0 unspecified atom stereocenters. The second-order valence-corrected chi connectivity index (χ2v) is 5.45. The molecule has 0 atom stereocenters. The summed E-state index contributed by atoms with van der Waals surface area (Å²) in [5.41, 5.74) is 0.388. The largest absolute Gasteiger partial charge is 0.493 e. The van der Waals surface area contributed by atoms with Crippen LogP contribution in [0, 0.1) is 0 Å². The van der Waals surface area contributed by atoms with Crippen molar-refractivity contribution in [2.75, 3.05) is 13.7 Å². The van der Waals surface area contributed by atoms with Gasteiger partial charge in [-0.2, -0.15) is 0 Å². The average Bonchev–Trinajstić information content (AvgIpc) is 2.59. The smallest absolute Gasteiger partial charge is 0.336 e. The Balaban J connectivity index is 1.84. The summed E-state index contributed by atoms with van der Waals surface area (Å²) in [6.45, 7) is -0.180. The molecule has 2 aromatic carbocycles. The van der Waals surface area contributed by atoms with Gasteiger partial charge in [-0.25, -0.2) is 4.79 Å². The van der Waals surface area contributed by atoms with Crippen LogP contribution in [0.2, 0.25) is 5.02 Å². The van der Waals surface area contributed by atoms with Crippen molar-refractivity contribution in [1.82, 2.24) is 0 Å². The van der Waals surface area contributed by atoms with E-state index in [1.54, 1.807) is 36.4 Å². The van der Waals surface area contributed by atoms with E-state index in [-0.39, 0.29) is 12.4 Å². The zero-order valence-electron chi connectivity index (χ0n) is 12.7. The highest BCUT2D eigenvalue weighted by atomic mass is 35.5. The van der Waals surface area contributed by atoms with Crippen LogP contribution < -0.4 is 15.1 Å². The number of fused-ring (bicyclic) bond motifs is 1. The first-order chi connectivity index (χ1) is 11.6. The lowest BCUT2D eigenvalue weighted by molar-refractivity contribution is 0.0919. The number of ketones is 1. The lowest BCUT2D eigenvalue weighted by atomic mass is 10.1. The Morgan fingerprint density at radius 3 is 2.54 bits per heavy atom. The van der Waals surface area contributed by atoms with Crippen molar-refractivity contribution >= 4 is 28.4 Å². The van der Waals surface area contributed by atoms with Gasteiger partial charge in [-0.05, 0) is 36.4 Å². The van der Waals surface area contributed by atoms with E-state index in [4.69, 9.17) is 25.5 Å². The second-order valence-electron chi connectivity index (χ2n) is 5.01. The molecule has 0 N–H and O–H groups in total. The number of halogens is 1. The maximum absolute atomic E-state index is 12.2. The summed E-state index contributed by atoms with van der Waals surface area (Å²) < 4.78 is 15.9. The van der Waals surface area contributed by atoms with Crippen molar-refractivity contribution in [1.29, 1.82) is 0 Å². The Bertz CT molecular complexity index is 944. The molecule has 5 nitrogen and oxygen atoms in total. The normalized spacial score (nSPS) is 10.6. The van der Waals surface area contributed by atoms with Crippen LogP contribution in [-0.2, 0) is 0 Å². The Hall–Kier alpha value is -2.79. The van der Waals surface area contributed by atoms with E-state index in [0.29, 0.717) is 33.1 Å². The third kappa shape index (κ3) is 3.41.